The van der Waals surface area contributed by atoms with Gasteiger partial charge in [0.05, 0.1) is 30.4 Å². The number of carbonyl (C=O) groups is 2. The first kappa shape index (κ1) is 27.4. The van der Waals surface area contributed by atoms with E-state index >= 15 is 0 Å². The summed E-state index contributed by atoms with van der Waals surface area (Å²) in [7, 11) is 1.56. The number of aromatic nitrogens is 2. The van der Waals surface area contributed by atoms with E-state index in [0.29, 0.717) is 40.1 Å². The maximum Gasteiger partial charge on any atom is 0.234 e. The van der Waals surface area contributed by atoms with Crippen LogP contribution in [-0.4, -0.2) is 34.8 Å². The molecule has 0 saturated carbocycles. The van der Waals surface area contributed by atoms with E-state index in [0.717, 1.165) is 28.1 Å². The second-order valence-corrected chi connectivity index (χ2v) is 11.7. The molecule has 1 aliphatic carbocycles. The minimum absolute atomic E-state index is 0.0234. The van der Waals surface area contributed by atoms with Crippen molar-refractivity contribution < 1.29 is 14.3 Å². The molecule has 40 heavy (non-hydrogen) atoms. The first-order valence-corrected chi connectivity index (χ1v) is 14.6. The highest BCUT2D eigenvalue weighted by atomic mass is 32.2. The van der Waals surface area contributed by atoms with Crippen LogP contribution in [0.1, 0.15) is 41.9 Å². The molecule has 9 nitrogen and oxygen atoms in total. The van der Waals surface area contributed by atoms with Crippen LogP contribution >= 0.6 is 23.1 Å². The van der Waals surface area contributed by atoms with E-state index in [1.165, 1.54) is 23.1 Å². The van der Waals surface area contributed by atoms with Crippen molar-refractivity contribution in [1.29, 1.82) is 5.26 Å². The van der Waals surface area contributed by atoms with Gasteiger partial charge in [0, 0.05) is 28.9 Å². The Morgan fingerprint density at radius 2 is 1.95 bits per heavy atom. The number of Topliss-reactive ketones (excluding diaryl/α,β-unsaturated/α-hetero) is 1. The molecule has 1 aliphatic heterocycles. The number of nitrogens with one attached hydrogen (secondary N) is 1. The molecule has 1 aromatic heterocycles. The van der Waals surface area contributed by atoms with Gasteiger partial charge in [-0.05, 0) is 43.9 Å². The summed E-state index contributed by atoms with van der Waals surface area (Å²) in [4.78, 5) is 27.7. The summed E-state index contributed by atoms with van der Waals surface area (Å²) in [5.74, 6) is 0.151. The smallest absolute Gasteiger partial charge is 0.234 e. The lowest BCUT2D eigenvalue weighted by atomic mass is 9.75. The molecule has 3 N–H and O–H groups in total. The standard InChI is InChI=1S/C29H28N6O3S2/c1-16-8-6-9-17(2)26(16)32-23(37)15-39-29-34-33-28(40-29)35-20-11-7-12-21(36)25(20)24(19(14-30)27(35)31)18-10-4-5-13-22(18)38-3/h4-6,8-10,13,24H,7,11-12,15,31H2,1-3H3,(H,32,37). The van der Waals surface area contributed by atoms with E-state index in [9.17, 15) is 14.9 Å². The molecule has 0 radical (unpaired) electrons. The van der Waals surface area contributed by atoms with Crippen molar-refractivity contribution >= 4 is 45.6 Å². The highest BCUT2D eigenvalue weighted by molar-refractivity contribution is 8.01. The average molecular weight is 573 g/mol. The molecule has 11 heteroatoms. The van der Waals surface area contributed by atoms with Crippen LogP contribution < -0.4 is 20.7 Å². The van der Waals surface area contributed by atoms with Gasteiger partial charge in [-0.1, -0.05) is 59.5 Å². The van der Waals surface area contributed by atoms with Gasteiger partial charge in [-0.25, -0.2) is 0 Å². The Morgan fingerprint density at radius 3 is 2.67 bits per heavy atom. The number of nitriles is 1. The van der Waals surface area contributed by atoms with Gasteiger partial charge in [0.25, 0.3) is 0 Å². The molecule has 204 valence electrons. The van der Waals surface area contributed by atoms with Gasteiger partial charge >= 0.3 is 0 Å². The topological polar surface area (TPSA) is 134 Å². The van der Waals surface area contributed by atoms with Crippen molar-refractivity contribution in [1.82, 2.24) is 10.2 Å². The van der Waals surface area contributed by atoms with Gasteiger partial charge in [-0.3, -0.25) is 14.5 Å². The van der Waals surface area contributed by atoms with Crippen molar-refractivity contribution in [3.63, 3.8) is 0 Å². The predicted octanol–water partition coefficient (Wildman–Crippen LogP) is 5.20. The Bertz CT molecular complexity index is 1580. The zero-order valence-corrected chi connectivity index (χ0v) is 24.0. The first-order chi connectivity index (χ1) is 19.3. The van der Waals surface area contributed by atoms with Gasteiger partial charge in [-0.2, -0.15) is 5.26 Å². The second kappa shape index (κ2) is 11.5. The van der Waals surface area contributed by atoms with Crippen LogP contribution in [0.15, 0.2) is 69.5 Å². The number of hydrogen-bond acceptors (Lipinski definition) is 10. The van der Waals surface area contributed by atoms with Gasteiger partial charge in [-0.15, -0.1) is 10.2 Å². The average Bonchev–Trinajstić information content (AvgIpc) is 3.42. The Balaban J connectivity index is 1.44. The zero-order valence-electron chi connectivity index (χ0n) is 22.4. The lowest BCUT2D eigenvalue weighted by molar-refractivity contribution is -0.116. The van der Waals surface area contributed by atoms with Crippen molar-refractivity contribution in [2.24, 2.45) is 5.73 Å². The van der Waals surface area contributed by atoms with Crippen LogP contribution in [0, 0.1) is 25.2 Å². The van der Waals surface area contributed by atoms with Gasteiger partial charge in [0.15, 0.2) is 10.1 Å². The molecular formula is C29H28N6O3S2. The largest absolute Gasteiger partial charge is 0.496 e. The zero-order chi connectivity index (χ0) is 28.4. The SMILES string of the molecule is COc1ccccc1C1C(C#N)=C(N)N(c2nnc(SCC(=O)Nc3c(C)cccc3C)s2)C2=C1C(=O)CCC2. The third-order valence-electron chi connectivity index (χ3n) is 7.02. The maximum atomic E-state index is 13.4. The Labute approximate surface area is 240 Å². The number of nitrogens with zero attached hydrogens (tertiary/aromatic N) is 4. The molecule has 0 spiro atoms. The van der Waals surface area contributed by atoms with E-state index in [1.807, 2.05) is 56.3 Å². The van der Waals surface area contributed by atoms with Crippen LogP contribution in [0.4, 0.5) is 10.8 Å². The molecule has 2 aliphatic rings. The quantitative estimate of drug-likeness (QED) is 0.366. The molecule has 0 bridgehead atoms. The molecule has 5 rings (SSSR count). The number of ether oxygens (including phenoxy) is 1. The van der Waals surface area contributed by atoms with E-state index in [1.54, 1.807) is 12.0 Å². The highest BCUT2D eigenvalue weighted by Crippen LogP contribution is 2.48. The third kappa shape index (κ3) is 5.08. The predicted molar refractivity (Wildman–Crippen MR) is 156 cm³/mol. The summed E-state index contributed by atoms with van der Waals surface area (Å²) in [6.07, 6.45) is 1.66. The van der Waals surface area contributed by atoms with E-state index in [2.05, 4.69) is 21.6 Å². The van der Waals surface area contributed by atoms with Crippen LogP contribution in [0.25, 0.3) is 0 Å². The van der Waals surface area contributed by atoms with Gasteiger partial charge in [0.2, 0.25) is 11.0 Å². The van der Waals surface area contributed by atoms with Gasteiger partial charge in [0.1, 0.15) is 11.6 Å². The molecule has 1 atom stereocenters. The number of para-hydroxylation sites is 2. The van der Waals surface area contributed by atoms with Crippen LogP contribution in [0.2, 0.25) is 0 Å². The van der Waals surface area contributed by atoms with Gasteiger partial charge < -0.3 is 15.8 Å². The first-order valence-electron chi connectivity index (χ1n) is 12.8. The summed E-state index contributed by atoms with van der Waals surface area (Å²) in [5, 5.41) is 22.3. The fourth-order valence-electron chi connectivity index (χ4n) is 5.19. The number of allylic oxidation sites excluding steroid dienone is 3. The molecule has 3 aromatic rings. The Hall–Kier alpha value is -4.14. The summed E-state index contributed by atoms with van der Waals surface area (Å²) in [5.41, 5.74) is 11.7. The minimum Gasteiger partial charge on any atom is -0.496 e. The minimum atomic E-state index is -0.629. The fraction of sp³-hybridized carbons (Fsp3) is 0.276. The lowest BCUT2D eigenvalue weighted by Gasteiger charge is -2.38. The van der Waals surface area contributed by atoms with Crippen LogP contribution in [0.5, 0.6) is 5.75 Å². The summed E-state index contributed by atoms with van der Waals surface area (Å²) < 4.78 is 6.15. The molecule has 0 saturated heterocycles. The number of aryl methyl sites for hydroxylation is 2. The van der Waals surface area contributed by atoms with Crippen LogP contribution in [0.3, 0.4) is 0 Å². The Kier molecular flexibility index (Phi) is 7.91. The molecule has 2 aromatic carbocycles. The third-order valence-corrected chi connectivity index (χ3v) is 9.06. The number of thioether (sulfide) groups is 1. The van der Waals surface area contributed by atoms with Crippen molar-refractivity contribution in [3.05, 3.63) is 81.8 Å². The molecular weight excluding hydrogens is 544 g/mol. The lowest BCUT2D eigenvalue weighted by Crippen LogP contribution is -2.38. The van der Waals surface area contributed by atoms with Crippen molar-refractivity contribution in [2.75, 3.05) is 23.1 Å². The number of ketones is 1. The number of methoxy groups -OCH3 is 1. The monoisotopic (exact) mass is 572 g/mol. The van der Waals surface area contributed by atoms with Crippen molar-refractivity contribution in [2.45, 2.75) is 43.4 Å². The number of hydrogen-bond donors (Lipinski definition) is 2. The van der Waals surface area contributed by atoms with E-state index < -0.39 is 5.92 Å². The molecule has 1 unspecified atom stereocenters. The number of anilines is 2. The Morgan fingerprint density at radius 1 is 1.20 bits per heavy atom. The maximum absolute atomic E-state index is 13.4. The number of nitrogens with two attached hydrogens (primary N) is 1. The van der Waals surface area contributed by atoms with Crippen LogP contribution in [-0.2, 0) is 9.59 Å². The van der Waals surface area contributed by atoms with E-state index in [4.69, 9.17) is 10.5 Å². The normalized spacial score (nSPS) is 17.0. The molecule has 1 amide bonds. The summed E-state index contributed by atoms with van der Waals surface area (Å²) >= 11 is 2.53. The van der Waals surface area contributed by atoms with Crippen molar-refractivity contribution in [3.8, 4) is 11.8 Å². The number of carbonyl (C=O) groups excluding carboxylic acids is 2. The summed E-state index contributed by atoms with van der Waals surface area (Å²) in [6, 6.07) is 15.5. The second-order valence-electron chi connectivity index (χ2n) is 9.51. The molecule has 0 fully saturated rings. The fourth-order valence-corrected chi connectivity index (χ4v) is 6.87. The number of rotatable bonds is 7. The summed E-state index contributed by atoms with van der Waals surface area (Å²) in [6.45, 7) is 3.91. The molecule has 2 heterocycles. The number of amides is 1. The van der Waals surface area contributed by atoms with E-state index in [-0.39, 0.29) is 28.8 Å². The highest BCUT2D eigenvalue weighted by Gasteiger charge is 2.42. The number of benzene rings is 2.